The normalized spacial score (nSPS) is 18.3. The van der Waals surface area contributed by atoms with Crippen molar-refractivity contribution >= 4 is 5.96 Å². The van der Waals surface area contributed by atoms with Crippen molar-refractivity contribution in [2.75, 3.05) is 45.9 Å². The second-order valence-corrected chi connectivity index (χ2v) is 7.93. The smallest absolute Gasteiger partial charge is 0.191 e. The van der Waals surface area contributed by atoms with Crippen LogP contribution >= 0.6 is 0 Å². The highest BCUT2D eigenvalue weighted by Crippen LogP contribution is 2.22. The molecule has 2 unspecified atom stereocenters. The molecule has 1 fully saturated rings. The van der Waals surface area contributed by atoms with Crippen LogP contribution in [0.25, 0.3) is 0 Å². The molecule has 1 aliphatic rings. The van der Waals surface area contributed by atoms with E-state index >= 15 is 0 Å². The number of aliphatic imine (C=N–C) groups is 1. The summed E-state index contributed by atoms with van der Waals surface area (Å²) in [6.45, 7) is 8.32. The van der Waals surface area contributed by atoms with E-state index in [4.69, 9.17) is 4.74 Å². The molecule has 2 aromatic rings. The molecule has 31 heavy (non-hydrogen) atoms. The zero-order valence-corrected chi connectivity index (χ0v) is 18.4. The molecule has 1 heterocycles. The van der Waals surface area contributed by atoms with E-state index in [2.05, 4.69) is 20.5 Å². The zero-order valence-electron chi connectivity index (χ0n) is 18.4. The molecule has 1 aliphatic heterocycles. The summed E-state index contributed by atoms with van der Waals surface area (Å²) in [6.07, 6.45) is 0. The number of halogens is 1. The van der Waals surface area contributed by atoms with Crippen LogP contribution in [-0.4, -0.2) is 61.9 Å². The van der Waals surface area contributed by atoms with Gasteiger partial charge >= 0.3 is 0 Å². The maximum absolute atomic E-state index is 13.5. The highest BCUT2D eigenvalue weighted by atomic mass is 19.1. The van der Waals surface area contributed by atoms with Crippen molar-refractivity contribution in [2.45, 2.75) is 25.5 Å². The Kier molecular flexibility index (Phi) is 8.40. The van der Waals surface area contributed by atoms with Gasteiger partial charge in [-0.15, -0.1) is 0 Å². The molecule has 0 bridgehead atoms. The minimum absolute atomic E-state index is 0.0583. The molecular weight excluding hydrogens is 395 g/mol. The van der Waals surface area contributed by atoms with Crippen molar-refractivity contribution in [3.63, 3.8) is 0 Å². The summed E-state index contributed by atoms with van der Waals surface area (Å²) in [5.74, 6) is 0.398. The number of morpholine rings is 1. The van der Waals surface area contributed by atoms with Gasteiger partial charge in [0.05, 0.1) is 25.8 Å². The molecule has 7 heteroatoms. The van der Waals surface area contributed by atoms with Crippen LogP contribution in [0.5, 0.6) is 0 Å². The molecule has 3 rings (SSSR count). The fourth-order valence-electron chi connectivity index (χ4n) is 3.69. The topological polar surface area (TPSA) is 69.1 Å². The summed E-state index contributed by atoms with van der Waals surface area (Å²) in [5, 5.41) is 17.5. The highest BCUT2D eigenvalue weighted by molar-refractivity contribution is 5.79. The maximum Gasteiger partial charge on any atom is 0.191 e. The second-order valence-electron chi connectivity index (χ2n) is 7.93. The monoisotopic (exact) mass is 428 g/mol. The van der Waals surface area contributed by atoms with E-state index < -0.39 is 5.60 Å². The first-order valence-electron chi connectivity index (χ1n) is 10.9. The first-order valence-corrected chi connectivity index (χ1v) is 10.9. The molecular formula is C24H33FN4O2. The molecule has 6 nitrogen and oxygen atoms in total. The highest BCUT2D eigenvalue weighted by Gasteiger charge is 2.24. The fraction of sp³-hybridized carbons (Fsp3) is 0.458. The Balaban J connectivity index is 1.71. The summed E-state index contributed by atoms with van der Waals surface area (Å²) >= 11 is 0. The van der Waals surface area contributed by atoms with Crippen molar-refractivity contribution in [1.29, 1.82) is 0 Å². The molecule has 0 spiro atoms. The lowest BCUT2D eigenvalue weighted by atomic mass is 9.96. The van der Waals surface area contributed by atoms with Gasteiger partial charge in [-0.05, 0) is 37.1 Å². The Labute approximate surface area is 184 Å². The van der Waals surface area contributed by atoms with E-state index in [1.54, 1.807) is 6.92 Å². The number of nitrogens with one attached hydrogen (secondary N) is 2. The molecule has 0 saturated carbocycles. The van der Waals surface area contributed by atoms with Gasteiger partial charge in [-0.2, -0.15) is 0 Å². The average molecular weight is 429 g/mol. The quantitative estimate of drug-likeness (QED) is 0.446. The van der Waals surface area contributed by atoms with Gasteiger partial charge in [0.25, 0.3) is 0 Å². The van der Waals surface area contributed by atoms with Crippen molar-refractivity contribution in [2.24, 2.45) is 4.99 Å². The molecule has 0 aliphatic carbocycles. The Hall–Kier alpha value is -2.48. The number of aliphatic hydroxyl groups is 1. The van der Waals surface area contributed by atoms with E-state index in [-0.39, 0.29) is 18.4 Å². The van der Waals surface area contributed by atoms with Gasteiger partial charge in [-0.3, -0.25) is 4.90 Å². The van der Waals surface area contributed by atoms with Crippen molar-refractivity contribution in [3.8, 4) is 0 Å². The number of hydrogen-bond donors (Lipinski definition) is 3. The number of benzene rings is 2. The number of nitrogens with zero attached hydrogens (tertiary/aromatic N) is 2. The summed E-state index contributed by atoms with van der Waals surface area (Å²) in [5.41, 5.74) is 0.805. The zero-order chi connectivity index (χ0) is 22.1. The van der Waals surface area contributed by atoms with Crippen molar-refractivity contribution in [1.82, 2.24) is 15.5 Å². The average Bonchev–Trinajstić information content (AvgIpc) is 2.80. The third kappa shape index (κ3) is 6.75. The Morgan fingerprint density at radius 2 is 1.81 bits per heavy atom. The van der Waals surface area contributed by atoms with Gasteiger partial charge in [-0.1, -0.05) is 42.5 Å². The number of hydrogen-bond acceptors (Lipinski definition) is 4. The number of rotatable bonds is 8. The molecule has 0 aromatic heterocycles. The predicted molar refractivity (Wildman–Crippen MR) is 122 cm³/mol. The van der Waals surface area contributed by atoms with Gasteiger partial charge in [0, 0.05) is 26.2 Å². The fourth-order valence-corrected chi connectivity index (χ4v) is 3.69. The molecule has 2 aromatic carbocycles. The van der Waals surface area contributed by atoms with Crippen LogP contribution in [-0.2, 0) is 10.3 Å². The van der Waals surface area contributed by atoms with Crippen LogP contribution in [0.4, 0.5) is 4.39 Å². The number of guanidine groups is 1. The van der Waals surface area contributed by atoms with Gasteiger partial charge in [0.15, 0.2) is 5.96 Å². The Morgan fingerprint density at radius 3 is 2.45 bits per heavy atom. The van der Waals surface area contributed by atoms with Crippen LogP contribution in [0.15, 0.2) is 59.6 Å². The van der Waals surface area contributed by atoms with Crippen LogP contribution < -0.4 is 10.6 Å². The van der Waals surface area contributed by atoms with Crippen LogP contribution in [0, 0.1) is 5.82 Å². The van der Waals surface area contributed by atoms with E-state index in [1.165, 1.54) is 12.1 Å². The molecule has 3 N–H and O–H groups in total. The SMILES string of the molecule is CCNC(=NCC(C)(O)c1ccccc1)NCC(c1ccc(F)cc1)N1CCOCC1. The largest absolute Gasteiger partial charge is 0.384 e. The summed E-state index contributed by atoms with van der Waals surface area (Å²) < 4.78 is 19.0. The Morgan fingerprint density at radius 1 is 1.13 bits per heavy atom. The van der Waals surface area contributed by atoms with Crippen LogP contribution in [0.2, 0.25) is 0 Å². The second kappa shape index (κ2) is 11.2. The predicted octanol–water partition coefficient (Wildman–Crippen LogP) is 2.66. The first-order chi connectivity index (χ1) is 15.0. The van der Waals surface area contributed by atoms with E-state index in [9.17, 15) is 9.50 Å². The van der Waals surface area contributed by atoms with Crippen LogP contribution in [0.1, 0.15) is 31.0 Å². The minimum Gasteiger partial charge on any atom is -0.384 e. The standard InChI is InChI=1S/C24H33FN4O2/c1-3-26-23(28-18-24(2,30)20-7-5-4-6-8-20)27-17-22(29-13-15-31-16-14-29)19-9-11-21(25)12-10-19/h4-12,22,30H,3,13-18H2,1-2H3,(H2,26,27,28). The van der Waals surface area contributed by atoms with Crippen LogP contribution in [0.3, 0.4) is 0 Å². The van der Waals surface area contributed by atoms with E-state index in [0.29, 0.717) is 32.3 Å². The lowest BCUT2D eigenvalue weighted by Crippen LogP contribution is -2.46. The molecule has 2 atom stereocenters. The van der Waals surface area contributed by atoms with Gasteiger partial charge in [0.1, 0.15) is 11.4 Å². The summed E-state index contributed by atoms with van der Waals surface area (Å²) in [4.78, 5) is 6.97. The molecule has 1 saturated heterocycles. The van der Waals surface area contributed by atoms with Gasteiger partial charge in [-0.25, -0.2) is 9.38 Å². The molecule has 0 amide bonds. The summed E-state index contributed by atoms with van der Waals surface area (Å²) in [6, 6.07) is 16.3. The summed E-state index contributed by atoms with van der Waals surface area (Å²) in [7, 11) is 0. The molecule has 168 valence electrons. The lowest BCUT2D eigenvalue weighted by Gasteiger charge is -2.35. The maximum atomic E-state index is 13.5. The van der Waals surface area contributed by atoms with E-state index in [0.717, 1.165) is 24.2 Å². The van der Waals surface area contributed by atoms with Crippen molar-refractivity contribution in [3.05, 3.63) is 71.5 Å². The van der Waals surface area contributed by atoms with E-state index in [1.807, 2.05) is 49.4 Å². The third-order valence-corrected chi connectivity index (χ3v) is 5.49. The van der Waals surface area contributed by atoms with Crippen molar-refractivity contribution < 1.29 is 14.2 Å². The molecule has 0 radical (unpaired) electrons. The number of ether oxygens (including phenoxy) is 1. The Bertz CT molecular complexity index is 821. The minimum atomic E-state index is -1.07. The third-order valence-electron chi connectivity index (χ3n) is 5.49. The van der Waals surface area contributed by atoms with Gasteiger partial charge in [0.2, 0.25) is 0 Å². The van der Waals surface area contributed by atoms with Gasteiger partial charge < -0.3 is 20.5 Å². The lowest BCUT2D eigenvalue weighted by molar-refractivity contribution is 0.0169. The first kappa shape index (κ1) is 23.2.